The molecule has 0 amide bonds. The van der Waals surface area contributed by atoms with E-state index in [1.807, 2.05) is 13.8 Å². The van der Waals surface area contributed by atoms with Gasteiger partial charge >= 0.3 is 12.1 Å². The van der Waals surface area contributed by atoms with Crippen molar-refractivity contribution in [2.45, 2.75) is 57.1 Å². The molecular formula is C23H23F3O4. The van der Waals surface area contributed by atoms with Crippen molar-refractivity contribution in [1.29, 1.82) is 0 Å². The Hall–Kier alpha value is -2.54. The van der Waals surface area contributed by atoms with Crippen molar-refractivity contribution in [2.75, 3.05) is 0 Å². The van der Waals surface area contributed by atoms with Crippen molar-refractivity contribution in [2.24, 2.45) is 5.92 Å². The zero-order valence-electron chi connectivity index (χ0n) is 16.7. The van der Waals surface area contributed by atoms with E-state index in [0.717, 1.165) is 31.0 Å². The van der Waals surface area contributed by atoms with Crippen LogP contribution in [0.4, 0.5) is 13.2 Å². The number of fused-ring (bicyclic) bond motifs is 2. The van der Waals surface area contributed by atoms with Gasteiger partial charge in [-0.1, -0.05) is 32.0 Å². The molecule has 4 rings (SSSR count). The smallest absolute Gasteiger partial charge is 0.419 e. The van der Waals surface area contributed by atoms with Crippen molar-refractivity contribution in [3.8, 4) is 11.5 Å². The second-order valence-electron chi connectivity index (χ2n) is 8.15. The first-order chi connectivity index (χ1) is 14.2. The van der Waals surface area contributed by atoms with Gasteiger partial charge in [-0.15, -0.1) is 0 Å². The minimum absolute atomic E-state index is 0.00188. The third kappa shape index (κ3) is 3.78. The highest BCUT2D eigenvalue weighted by molar-refractivity contribution is 5.91. The number of hydrogen-bond donors (Lipinski definition) is 0. The Morgan fingerprint density at radius 2 is 1.87 bits per heavy atom. The monoisotopic (exact) mass is 420 g/mol. The SMILES string of the molecule is CC(C)C1(Oc2cc(C(=O)Oc3ccccc3)ccc2C(F)(F)F)CC2CCC1O2. The normalized spacial score (nSPS) is 25.5. The topological polar surface area (TPSA) is 44.8 Å². The van der Waals surface area contributed by atoms with E-state index in [9.17, 15) is 18.0 Å². The zero-order chi connectivity index (χ0) is 21.5. The second kappa shape index (κ2) is 7.61. The Morgan fingerprint density at radius 3 is 2.43 bits per heavy atom. The highest BCUT2D eigenvalue weighted by Crippen LogP contribution is 2.49. The van der Waals surface area contributed by atoms with Gasteiger partial charge in [0.25, 0.3) is 0 Å². The summed E-state index contributed by atoms with van der Waals surface area (Å²) in [6, 6.07) is 11.5. The molecule has 3 atom stereocenters. The third-order valence-electron chi connectivity index (χ3n) is 5.95. The number of para-hydroxylation sites is 1. The van der Waals surface area contributed by atoms with Gasteiger partial charge in [-0.2, -0.15) is 13.2 Å². The van der Waals surface area contributed by atoms with Crippen LogP contribution in [0.15, 0.2) is 48.5 Å². The molecule has 2 aliphatic rings. The van der Waals surface area contributed by atoms with E-state index in [2.05, 4.69) is 0 Å². The van der Waals surface area contributed by atoms with Gasteiger partial charge in [0, 0.05) is 6.42 Å². The van der Waals surface area contributed by atoms with Gasteiger partial charge in [0.05, 0.1) is 23.3 Å². The van der Waals surface area contributed by atoms with Gasteiger partial charge in [0.1, 0.15) is 17.1 Å². The second-order valence-corrected chi connectivity index (χ2v) is 8.15. The number of carbonyl (C=O) groups excluding carboxylic acids is 1. The highest BCUT2D eigenvalue weighted by atomic mass is 19.4. The fraction of sp³-hybridized carbons (Fsp3) is 0.435. The Balaban J connectivity index is 1.68. The molecule has 2 aliphatic heterocycles. The molecule has 7 heteroatoms. The van der Waals surface area contributed by atoms with Crippen LogP contribution in [0.1, 0.15) is 49.0 Å². The first kappa shape index (κ1) is 20.7. The van der Waals surface area contributed by atoms with Gasteiger partial charge in [-0.25, -0.2) is 4.79 Å². The summed E-state index contributed by atoms with van der Waals surface area (Å²) >= 11 is 0. The van der Waals surface area contributed by atoms with E-state index in [1.165, 1.54) is 0 Å². The molecule has 2 bridgehead atoms. The van der Waals surface area contributed by atoms with Crippen LogP contribution in [-0.4, -0.2) is 23.8 Å². The predicted octanol–water partition coefficient (Wildman–Crippen LogP) is 5.65. The summed E-state index contributed by atoms with van der Waals surface area (Å²) in [5.74, 6) is -0.865. The molecule has 3 unspecified atom stereocenters. The van der Waals surface area contributed by atoms with E-state index in [4.69, 9.17) is 14.2 Å². The van der Waals surface area contributed by atoms with Crippen LogP contribution in [0.25, 0.3) is 0 Å². The predicted molar refractivity (Wildman–Crippen MR) is 104 cm³/mol. The van der Waals surface area contributed by atoms with Crippen molar-refractivity contribution in [3.63, 3.8) is 0 Å². The number of esters is 1. The van der Waals surface area contributed by atoms with Gasteiger partial charge in [-0.05, 0) is 49.1 Å². The average molecular weight is 420 g/mol. The standard InChI is InChI=1S/C23H23F3O4/c1-14(2)22(13-17-9-11-20(22)28-17)30-19-12-15(8-10-18(19)23(24,25)26)21(27)29-16-6-4-3-5-7-16/h3-8,10,12,14,17,20H,9,11,13H2,1-2H3. The Kier molecular flexibility index (Phi) is 5.26. The van der Waals surface area contributed by atoms with Crippen molar-refractivity contribution in [3.05, 3.63) is 59.7 Å². The zero-order valence-corrected chi connectivity index (χ0v) is 16.7. The summed E-state index contributed by atoms with van der Waals surface area (Å²) in [4.78, 5) is 12.5. The molecule has 30 heavy (non-hydrogen) atoms. The molecular weight excluding hydrogens is 397 g/mol. The fourth-order valence-corrected chi connectivity index (χ4v) is 4.36. The van der Waals surface area contributed by atoms with E-state index in [0.29, 0.717) is 12.2 Å². The lowest BCUT2D eigenvalue weighted by molar-refractivity contribution is -0.141. The number of halogens is 3. The maximum absolute atomic E-state index is 13.7. The molecule has 0 N–H and O–H groups in total. The van der Waals surface area contributed by atoms with Crippen LogP contribution in [0.5, 0.6) is 11.5 Å². The maximum Gasteiger partial charge on any atom is 0.419 e. The van der Waals surface area contributed by atoms with Crippen LogP contribution in [0.3, 0.4) is 0 Å². The van der Waals surface area contributed by atoms with Crippen LogP contribution >= 0.6 is 0 Å². The van der Waals surface area contributed by atoms with E-state index in [-0.39, 0.29) is 29.4 Å². The molecule has 2 saturated heterocycles. The molecule has 2 heterocycles. The molecule has 4 nitrogen and oxygen atoms in total. The van der Waals surface area contributed by atoms with Crippen LogP contribution < -0.4 is 9.47 Å². The van der Waals surface area contributed by atoms with Gasteiger partial charge in [-0.3, -0.25) is 0 Å². The molecule has 0 aliphatic carbocycles. The first-order valence-electron chi connectivity index (χ1n) is 10.0. The molecule has 0 spiro atoms. The number of ether oxygens (including phenoxy) is 3. The molecule has 2 aromatic carbocycles. The number of benzene rings is 2. The Morgan fingerprint density at radius 1 is 1.13 bits per heavy atom. The fourth-order valence-electron chi connectivity index (χ4n) is 4.36. The van der Waals surface area contributed by atoms with Crippen LogP contribution in [0, 0.1) is 5.92 Å². The maximum atomic E-state index is 13.7. The third-order valence-corrected chi connectivity index (χ3v) is 5.95. The summed E-state index contributed by atoms with van der Waals surface area (Å²) in [6.45, 7) is 3.84. The molecule has 0 saturated carbocycles. The van der Waals surface area contributed by atoms with Crippen LogP contribution in [0.2, 0.25) is 0 Å². The molecule has 2 aromatic rings. The summed E-state index contributed by atoms with van der Waals surface area (Å²) in [5, 5.41) is 0. The van der Waals surface area contributed by atoms with Gasteiger partial charge in [0.15, 0.2) is 0 Å². The number of hydrogen-bond acceptors (Lipinski definition) is 4. The molecule has 0 radical (unpaired) electrons. The first-order valence-corrected chi connectivity index (χ1v) is 10.0. The summed E-state index contributed by atoms with van der Waals surface area (Å²) in [5.41, 5.74) is -1.78. The lowest BCUT2D eigenvalue weighted by atomic mass is 9.76. The number of alkyl halides is 3. The van der Waals surface area contributed by atoms with Crippen LogP contribution in [-0.2, 0) is 10.9 Å². The Bertz CT molecular complexity index is 926. The lowest BCUT2D eigenvalue weighted by Gasteiger charge is -2.40. The van der Waals surface area contributed by atoms with E-state index < -0.39 is 23.3 Å². The van der Waals surface area contributed by atoms with Crippen molar-refractivity contribution >= 4 is 5.97 Å². The molecule has 0 aromatic heterocycles. The minimum Gasteiger partial charge on any atom is -0.484 e. The lowest BCUT2D eigenvalue weighted by Crippen LogP contribution is -2.50. The quantitative estimate of drug-likeness (QED) is 0.463. The van der Waals surface area contributed by atoms with E-state index >= 15 is 0 Å². The molecule has 2 fully saturated rings. The summed E-state index contributed by atoms with van der Waals surface area (Å²) in [7, 11) is 0. The minimum atomic E-state index is -4.62. The highest BCUT2D eigenvalue weighted by Gasteiger charge is 2.56. The number of carbonyl (C=O) groups is 1. The summed E-state index contributed by atoms with van der Waals surface area (Å²) in [6.07, 6.45) is -2.71. The van der Waals surface area contributed by atoms with E-state index in [1.54, 1.807) is 30.3 Å². The largest absolute Gasteiger partial charge is 0.484 e. The van der Waals surface area contributed by atoms with Crippen molar-refractivity contribution < 1.29 is 32.2 Å². The number of rotatable bonds is 5. The molecule has 160 valence electrons. The van der Waals surface area contributed by atoms with Gasteiger partial charge < -0.3 is 14.2 Å². The summed E-state index contributed by atoms with van der Waals surface area (Å²) < 4.78 is 58.3. The van der Waals surface area contributed by atoms with Gasteiger partial charge in [0.2, 0.25) is 0 Å². The van der Waals surface area contributed by atoms with Crippen molar-refractivity contribution in [1.82, 2.24) is 0 Å². The average Bonchev–Trinajstić information content (AvgIpc) is 3.29. The Labute approximate surface area is 172 Å².